The van der Waals surface area contributed by atoms with Crippen LogP contribution in [0.2, 0.25) is 0 Å². The molecule has 1 heteroatoms. The van der Waals surface area contributed by atoms with E-state index in [0.29, 0.717) is 0 Å². The maximum Gasteiger partial charge on any atom is 0.122 e. The molecule has 0 amide bonds. The fourth-order valence-corrected chi connectivity index (χ4v) is 2.58. The van der Waals surface area contributed by atoms with Crippen LogP contribution in [0, 0.1) is 13.8 Å². The van der Waals surface area contributed by atoms with Gasteiger partial charge in [-0.05, 0) is 54.7 Å². The van der Waals surface area contributed by atoms with Gasteiger partial charge in [0.15, 0.2) is 0 Å². The van der Waals surface area contributed by atoms with Gasteiger partial charge >= 0.3 is 0 Å². The number of rotatable bonds is 7. The summed E-state index contributed by atoms with van der Waals surface area (Å²) in [7, 11) is 0. The highest BCUT2D eigenvalue weighted by atomic mass is 16.5. The third-order valence-corrected chi connectivity index (χ3v) is 3.86. The average Bonchev–Trinajstić information content (AvgIpc) is 2.51. The molecule has 1 nitrogen and oxygen atoms in total. The Morgan fingerprint density at radius 1 is 0.857 bits per heavy atom. The molecule has 0 aliphatic heterocycles. The summed E-state index contributed by atoms with van der Waals surface area (Å²) in [6.07, 6.45) is 4.97. The van der Waals surface area contributed by atoms with Gasteiger partial charge in [0.1, 0.15) is 5.75 Å². The highest BCUT2D eigenvalue weighted by molar-refractivity contribution is 5.69. The maximum absolute atomic E-state index is 5.96. The highest BCUT2D eigenvalue weighted by Crippen LogP contribution is 2.30. The lowest BCUT2D eigenvalue weighted by atomic mass is 9.98. The van der Waals surface area contributed by atoms with Gasteiger partial charge in [0.25, 0.3) is 0 Å². The van der Waals surface area contributed by atoms with Gasteiger partial charge in [0.2, 0.25) is 0 Å². The molecule has 0 saturated carbocycles. The van der Waals surface area contributed by atoms with Crippen molar-refractivity contribution in [3.63, 3.8) is 0 Å². The predicted molar refractivity (Wildman–Crippen MR) is 91.0 cm³/mol. The third kappa shape index (κ3) is 4.35. The predicted octanol–water partition coefficient (Wildman–Crippen LogP) is 5.93. The Kier molecular flexibility index (Phi) is 5.86. The van der Waals surface area contributed by atoms with Crippen molar-refractivity contribution in [1.82, 2.24) is 0 Å². The molecule has 2 aromatic rings. The Labute approximate surface area is 129 Å². The zero-order valence-corrected chi connectivity index (χ0v) is 13.5. The second kappa shape index (κ2) is 7.87. The van der Waals surface area contributed by atoms with Crippen LogP contribution in [-0.4, -0.2) is 6.61 Å². The number of ether oxygens (including phenoxy) is 1. The number of benzene rings is 2. The first-order chi connectivity index (χ1) is 10.2. The fourth-order valence-electron chi connectivity index (χ4n) is 2.58. The van der Waals surface area contributed by atoms with E-state index in [1.807, 2.05) is 0 Å². The standard InChI is InChI=1S/C20H26O/c1-4-5-6-10-13-21-20-15-16(2)19(14-17(20)3)18-11-8-7-9-12-18/h7-9,11-12,14-15H,4-6,10,13H2,1-3H3. The van der Waals surface area contributed by atoms with Gasteiger partial charge in [-0.1, -0.05) is 56.5 Å². The van der Waals surface area contributed by atoms with Crippen LogP contribution in [0.1, 0.15) is 43.7 Å². The Morgan fingerprint density at radius 2 is 1.62 bits per heavy atom. The smallest absolute Gasteiger partial charge is 0.122 e. The molecule has 2 aromatic carbocycles. The van der Waals surface area contributed by atoms with Crippen molar-refractivity contribution >= 4 is 0 Å². The average molecular weight is 282 g/mol. The molecule has 0 bridgehead atoms. The summed E-state index contributed by atoms with van der Waals surface area (Å²) in [5, 5.41) is 0. The molecule has 0 aliphatic rings. The van der Waals surface area contributed by atoms with Gasteiger partial charge in [0, 0.05) is 0 Å². The quantitative estimate of drug-likeness (QED) is 0.572. The molecule has 0 heterocycles. The van der Waals surface area contributed by atoms with Crippen LogP contribution in [0.5, 0.6) is 5.75 Å². The van der Waals surface area contributed by atoms with E-state index in [9.17, 15) is 0 Å². The molecule has 0 aliphatic carbocycles. The van der Waals surface area contributed by atoms with Crippen LogP contribution in [0.25, 0.3) is 11.1 Å². The number of hydrogen-bond acceptors (Lipinski definition) is 1. The van der Waals surface area contributed by atoms with Gasteiger partial charge in [-0.3, -0.25) is 0 Å². The number of aryl methyl sites for hydroxylation is 2. The van der Waals surface area contributed by atoms with Crippen LogP contribution in [0.3, 0.4) is 0 Å². The molecule has 0 saturated heterocycles. The van der Waals surface area contributed by atoms with E-state index in [1.165, 1.54) is 41.5 Å². The third-order valence-electron chi connectivity index (χ3n) is 3.86. The van der Waals surface area contributed by atoms with Crippen molar-refractivity contribution in [2.75, 3.05) is 6.61 Å². The summed E-state index contributed by atoms with van der Waals surface area (Å²) in [6.45, 7) is 7.35. The van der Waals surface area contributed by atoms with Crippen molar-refractivity contribution in [3.8, 4) is 16.9 Å². The van der Waals surface area contributed by atoms with E-state index in [-0.39, 0.29) is 0 Å². The zero-order chi connectivity index (χ0) is 15.1. The molecular weight excluding hydrogens is 256 g/mol. The van der Waals surface area contributed by atoms with E-state index in [4.69, 9.17) is 4.74 Å². The van der Waals surface area contributed by atoms with Crippen LogP contribution < -0.4 is 4.74 Å². The van der Waals surface area contributed by atoms with Crippen LogP contribution >= 0.6 is 0 Å². The molecule has 0 N–H and O–H groups in total. The summed E-state index contributed by atoms with van der Waals surface area (Å²) in [5.41, 5.74) is 5.06. The second-order valence-corrected chi connectivity index (χ2v) is 5.71. The minimum atomic E-state index is 0.824. The highest BCUT2D eigenvalue weighted by Gasteiger charge is 2.07. The molecule has 0 fully saturated rings. The van der Waals surface area contributed by atoms with Crippen LogP contribution in [0.15, 0.2) is 42.5 Å². The van der Waals surface area contributed by atoms with Gasteiger partial charge < -0.3 is 4.74 Å². The zero-order valence-electron chi connectivity index (χ0n) is 13.5. The second-order valence-electron chi connectivity index (χ2n) is 5.71. The van der Waals surface area contributed by atoms with E-state index in [2.05, 4.69) is 63.2 Å². The van der Waals surface area contributed by atoms with Crippen LogP contribution in [-0.2, 0) is 0 Å². The molecule has 0 unspecified atom stereocenters. The van der Waals surface area contributed by atoms with E-state index in [0.717, 1.165) is 18.8 Å². The van der Waals surface area contributed by atoms with Crippen LogP contribution in [0.4, 0.5) is 0 Å². The summed E-state index contributed by atoms with van der Waals surface area (Å²) in [5.74, 6) is 1.03. The Morgan fingerprint density at radius 3 is 2.33 bits per heavy atom. The van der Waals surface area contributed by atoms with Crippen molar-refractivity contribution in [3.05, 3.63) is 53.6 Å². The Balaban J connectivity index is 2.07. The number of unbranched alkanes of at least 4 members (excludes halogenated alkanes) is 3. The normalized spacial score (nSPS) is 10.6. The van der Waals surface area contributed by atoms with Crippen molar-refractivity contribution in [2.24, 2.45) is 0 Å². The first-order valence-electron chi connectivity index (χ1n) is 8.02. The molecule has 0 atom stereocenters. The van der Waals surface area contributed by atoms with Gasteiger partial charge in [-0.2, -0.15) is 0 Å². The SMILES string of the molecule is CCCCCCOc1cc(C)c(-c2ccccc2)cc1C. The minimum Gasteiger partial charge on any atom is -0.493 e. The Bertz CT molecular complexity index is 558. The minimum absolute atomic E-state index is 0.824. The molecule has 0 aromatic heterocycles. The monoisotopic (exact) mass is 282 g/mol. The van der Waals surface area contributed by atoms with E-state index >= 15 is 0 Å². The van der Waals surface area contributed by atoms with Gasteiger partial charge in [-0.15, -0.1) is 0 Å². The van der Waals surface area contributed by atoms with E-state index in [1.54, 1.807) is 0 Å². The van der Waals surface area contributed by atoms with Gasteiger partial charge in [0.05, 0.1) is 6.61 Å². The topological polar surface area (TPSA) is 9.23 Å². The molecule has 0 radical (unpaired) electrons. The molecular formula is C20H26O. The first kappa shape index (κ1) is 15.6. The van der Waals surface area contributed by atoms with Crippen molar-refractivity contribution in [1.29, 1.82) is 0 Å². The molecule has 2 rings (SSSR count). The largest absolute Gasteiger partial charge is 0.493 e. The maximum atomic E-state index is 5.96. The summed E-state index contributed by atoms with van der Waals surface area (Å²) in [4.78, 5) is 0. The van der Waals surface area contributed by atoms with Crippen molar-refractivity contribution in [2.45, 2.75) is 46.5 Å². The molecule has 0 spiro atoms. The Hall–Kier alpha value is -1.76. The van der Waals surface area contributed by atoms with Gasteiger partial charge in [-0.25, -0.2) is 0 Å². The van der Waals surface area contributed by atoms with E-state index < -0.39 is 0 Å². The summed E-state index contributed by atoms with van der Waals surface area (Å²) >= 11 is 0. The summed E-state index contributed by atoms with van der Waals surface area (Å²) in [6, 6.07) is 15.0. The lowest BCUT2D eigenvalue weighted by molar-refractivity contribution is 0.303. The lowest BCUT2D eigenvalue weighted by Gasteiger charge is -2.13. The molecule has 21 heavy (non-hydrogen) atoms. The fraction of sp³-hybridized carbons (Fsp3) is 0.400. The lowest BCUT2D eigenvalue weighted by Crippen LogP contribution is -2.00. The number of hydrogen-bond donors (Lipinski definition) is 0. The molecule has 112 valence electrons. The first-order valence-corrected chi connectivity index (χ1v) is 8.02. The summed E-state index contributed by atoms with van der Waals surface area (Å²) < 4.78 is 5.96. The van der Waals surface area contributed by atoms with Crippen molar-refractivity contribution < 1.29 is 4.74 Å².